The van der Waals surface area contributed by atoms with Gasteiger partial charge in [-0.1, -0.05) is 0 Å². The van der Waals surface area contributed by atoms with E-state index in [0.29, 0.717) is 18.4 Å². The Kier molecular flexibility index (Phi) is 3.53. The molecule has 1 rings (SSSR count). The molecular weight excluding hydrogens is 154 g/mol. The van der Waals surface area contributed by atoms with Crippen LogP contribution in [0.15, 0.2) is 0 Å². The van der Waals surface area contributed by atoms with E-state index in [0.717, 1.165) is 19.3 Å². The maximum Gasteiger partial charge on any atom is 0.305 e. The Hall–Kier alpha value is -0.570. The highest BCUT2D eigenvalue weighted by Crippen LogP contribution is 2.27. The monoisotopic (exact) mass is 171 g/mol. The summed E-state index contributed by atoms with van der Waals surface area (Å²) in [7, 11) is 1.43. The van der Waals surface area contributed by atoms with Crippen molar-refractivity contribution in [1.82, 2.24) is 0 Å². The lowest BCUT2D eigenvalue weighted by atomic mass is 10.0. The van der Waals surface area contributed by atoms with E-state index in [1.165, 1.54) is 13.5 Å². The minimum atomic E-state index is -0.101. The number of methoxy groups -OCH3 is 1. The van der Waals surface area contributed by atoms with Crippen LogP contribution in [0.3, 0.4) is 0 Å². The van der Waals surface area contributed by atoms with Gasteiger partial charge in [-0.3, -0.25) is 4.79 Å². The molecule has 70 valence electrons. The quantitative estimate of drug-likeness (QED) is 0.646. The van der Waals surface area contributed by atoms with E-state index in [4.69, 9.17) is 5.73 Å². The van der Waals surface area contributed by atoms with Crippen molar-refractivity contribution in [3.8, 4) is 0 Å². The van der Waals surface area contributed by atoms with Gasteiger partial charge in [0, 0.05) is 12.5 Å². The van der Waals surface area contributed by atoms with Crippen LogP contribution in [0.5, 0.6) is 0 Å². The normalized spacial score (nSPS) is 28.8. The second kappa shape index (κ2) is 4.45. The average Bonchev–Trinajstić information content (AvgIpc) is 2.47. The molecule has 1 saturated carbocycles. The van der Waals surface area contributed by atoms with Crippen molar-refractivity contribution in [3.63, 3.8) is 0 Å². The Morgan fingerprint density at radius 3 is 2.83 bits per heavy atom. The highest BCUT2D eigenvalue weighted by atomic mass is 16.5. The van der Waals surface area contributed by atoms with Gasteiger partial charge in [-0.05, 0) is 31.6 Å². The Bertz CT molecular complexity index is 159. The predicted molar refractivity (Wildman–Crippen MR) is 46.6 cm³/mol. The van der Waals surface area contributed by atoms with Gasteiger partial charge in [0.2, 0.25) is 0 Å². The number of ether oxygens (including phenoxy) is 1. The zero-order chi connectivity index (χ0) is 8.97. The standard InChI is InChI=1S/C9H17NO2/c1-12-9(11)5-3-7-2-4-8(10)6-7/h7-8H,2-6,10H2,1H3/t7-,8-/m0/s1. The molecule has 0 aromatic heterocycles. The summed E-state index contributed by atoms with van der Waals surface area (Å²) in [4.78, 5) is 10.8. The Morgan fingerprint density at radius 2 is 2.33 bits per heavy atom. The molecule has 0 spiro atoms. The second-order valence-corrected chi connectivity index (χ2v) is 3.55. The Morgan fingerprint density at radius 1 is 1.58 bits per heavy atom. The first-order chi connectivity index (χ1) is 5.72. The van der Waals surface area contributed by atoms with Crippen molar-refractivity contribution in [2.45, 2.75) is 38.1 Å². The lowest BCUT2D eigenvalue weighted by molar-refractivity contribution is -0.140. The Labute approximate surface area is 73.3 Å². The molecule has 0 radical (unpaired) electrons. The topological polar surface area (TPSA) is 52.3 Å². The van der Waals surface area contributed by atoms with Gasteiger partial charge >= 0.3 is 5.97 Å². The van der Waals surface area contributed by atoms with Crippen LogP contribution in [0, 0.1) is 5.92 Å². The highest BCUT2D eigenvalue weighted by molar-refractivity contribution is 5.69. The van der Waals surface area contributed by atoms with Crippen LogP contribution >= 0.6 is 0 Å². The lowest BCUT2D eigenvalue weighted by Gasteiger charge is -2.07. The molecule has 0 aromatic carbocycles. The minimum Gasteiger partial charge on any atom is -0.469 e. The molecule has 3 nitrogen and oxygen atoms in total. The van der Waals surface area contributed by atoms with Gasteiger partial charge < -0.3 is 10.5 Å². The van der Waals surface area contributed by atoms with E-state index < -0.39 is 0 Å². The molecule has 12 heavy (non-hydrogen) atoms. The number of hydrogen-bond acceptors (Lipinski definition) is 3. The molecule has 0 bridgehead atoms. The third-order valence-electron chi connectivity index (χ3n) is 2.57. The van der Waals surface area contributed by atoms with Crippen LogP contribution in [0.25, 0.3) is 0 Å². The molecule has 1 fully saturated rings. The van der Waals surface area contributed by atoms with Crippen LogP contribution in [-0.4, -0.2) is 19.1 Å². The molecule has 0 saturated heterocycles. The van der Waals surface area contributed by atoms with Crippen molar-refractivity contribution in [1.29, 1.82) is 0 Å². The zero-order valence-electron chi connectivity index (χ0n) is 7.58. The fraction of sp³-hybridized carbons (Fsp3) is 0.889. The summed E-state index contributed by atoms with van der Waals surface area (Å²) in [6, 6.07) is 0.368. The molecule has 1 aliphatic rings. The fourth-order valence-corrected chi connectivity index (χ4v) is 1.80. The number of nitrogens with two attached hydrogens (primary N) is 1. The van der Waals surface area contributed by atoms with Gasteiger partial charge in [0.1, 0.15) is 0 Å². The van der Waals surface area contributed by atoms with Crippen LogP contribution in [0.2, 0.25) is 0 Å². The second-order valence-electron chi connectivity index (χ2n) is 3.55. The minimum absolute atomic E-state index is 0.101. The SMILES string of the molecule is COC(=O)CC[C@@H]1CC[C@H](N)C1. The molecule has 0 unspecified atom stereocenters. The highest BCUT2D eigenvalue weighted by Gasteiger charge is 2.21. The summed E-state index contributed by atoms with van der Waals surface area (Å²) >= 11 is 0. The van der Waals surface area contributed by atoms with Crippen LogP contribution < -0.4 is 5.73 Å². The van der Waals surface area contributed by atoms with Crippen molar-refractivity contribution in [2.24, 2.45) is 11.7 Å². The van der Waals surface area contributed by atoms with Gasteiger partial charge in [-0.15, -0.1) is 0 Å². The lowest BCUT2D eigenvalue weighted by Crippen LogP contribution is -2.15. The third-order valence-corrected chi connectivity index (χ3v) is 2.57. The van der Waals surface area contributed by atoms with Crippen LogP contribution in [0.4, 0.5) is 0 Å². The average molecular weight is 171 g/mol. The van der Waals surface area contributed by atoms with Gasteiger partial charge in [-0.25, -0.2) is 0 Å². The number of rotatable bonds is 3. The van der Waals surface area contributed by atoms with Gasteiger partial charge in [-0.2, -0.15) is 0 Å². The molecule has 0 aromatic rings. The van der Waals surface area contributed by atoms with E-state index in [2.05, 4.69) is 4.74 Å². The van der Waals surface area contributed by atoms with E-state index in [1.54, 1.807) is 0 Å². The van der Waals surface area contributed by atoms with E-state index in [1.807, 2.05) is 0 Å². The van der Waals surface area contributed by atoms with Gasteiger partial charge in [0.25, 0.3) is 0 Å². The molecule has 1 aliphatic carbocycles. The van der Waals surface area contributed by atoms with Crippen molar-refractivity contribution < 1.29 is 9.53 Å². The fourth-order valence-electron chi connectivity index (χ4n) is 1.80. The number of carbonyl (C=O) groups is 1. The number of hydrogen-bond donors (Lipinski definition) is 1. The van der Waals surface area contributed by atoms with E-state index >= 15 is 0 Å². The summed E-state index contributed by atoms with van der Waals surface area (Å²) < 4.78 is 4.57. The van der Waals surface area contributed by atoms with Gasteiger partial charge in [0.05, 0.1) is 7.11 Å². The summed E-state index contributed by atoms with van der Waals surface area (Å²) in [6.45, 7) is 0. The molecule has 2 N–H and O–H groups in total. The molecular formula is C9H17NO2. The summed E-state index contributed by atoms with van der Waals surface area (Å²) in [5.41, 5.74) is 5.75. The Balaban J connectivity index is 2.11. The summed E-state index contributed by atoms with van der Waals surface area (Å²) in [5.74, 6) is 0.551. The first-order valence-electron chi connectivity index (χ1n) is 4.54. The predicted octanol–water partition coefficient (Wildman–Crippen LogP) is 1.07. The molecule has 0 aliphatic heterocycles. The maximum absolute atomic E-state index is 10.8. The summed E-state index contributed by atoms with van der Waals surface area (Å²) in [6.07, 6.45) is 4.87. The van der Waals surface area contributed by atoms with E-state index in [9.17, 15) is 4.79 Å². The molecule has 0 heterocycles. The molecule has 2 atom stereocenters. The zero-order valence-corrected chi connectivity index (χ0v) is 7.58. The number of esters is 1. The third kappa shape index (κ3) is 2.81. The maximum atomic E-state index is 10.8. The van der Waals surface area contributed by atoms with Crippen molar-refractivity contribution >= 4 is 5.97 Å². The van der Waals surface area contributed by atoms with Crippen LogP contribution in [-0.2, 0) is 9.53 Å². The van der Waals surface area contributed by atoms with E-state index in [-0.39, 0.29) is 5.97 Å². The molecule has 3 heteroatoms. The number of carbonyl (C=O) groups excluding carboxylic acids is 1. The smallest absolute Gasteiger partial charge is 0.305 e. The van der Waals surface area contributed by atoms with Crippen LogP contribution in [0.1, 0.15) is 32.1 Å². The van der Waals surface area contributed by atoms with Gasteiger partial charge in [0.15, 0.2) is 0 Å². The first kappa shape index (κ1) is 9.52. The summed E-state index contributed by atoms with van der Waals surface area (Å²) in [5, 5.41) is 0. The first-order valence-corrected chi connectivity index (χ1v) is 4.54. The largest absolute Gasteiger partial charge is 0.469 e. The van der Waals surface area contributed by atoms with Crippen molar-refractivity contribution in [2.75, 3.05) is 7.11 Å². The van der Waals surface area contributed by atoms with Crippen molar-refractivity contribution in [3.05, 3.63) is 0 Å². The molecule has 0 amide bonds.